The lowest BCUT2D eigenvalue weighted by molar-refractivity contribution is 0.669. The summed E-state index contributed by atoms with van der Waals surface area (Å²) in [5.41, 5.74) is 14.7. The summed E-state index contributed by atoms with van der Waals surface area (Å²) in [6.07, 6.45) is 0. The lowest BCUT2D eigenvalue weighted by Gasteiger charge is -2.14. The predicted octanol–water partition coefficient (Wildman–Crippen LogP) is 14.7. The van der Waals surface area contributed by atoms with Crippen molar-refractivity contribution in [1.82, 2.24) is 19.1 Å². The van der Waals surface area contributed by atoms with E-state index in [0.29, 0.717) is 5.82 Å². The minimum atomic E-state index is 0.698. The van der Waals surface area contributed by atoms with Crippen LogP contribution in [0.25, 0.3) is 122 Å². The van der Waals surface area contributed by atoms with Crippen LogP contribution in [0.15, 0.2) is 211 Å². The molecule has 13 rings (SSSR count). The van der Waals surface area contributed by atoms with Gasteiger partial charge in [-0.25, -0.2) is 9.97 Å². The van der Waals surface area contributed by atoms with Crippen LogP contribution in [-0.2, 0) is 0 Å². The molecule has 0 saturated carbocycles. The van der Waals surface area contributed by atoms with Crippen LogP contribution < -0.4 is 0 Å². The van der Waals surface area contributed by atoms with Gasteiger partial charge in [0.2, 0.25) is 0 Å². The van der Waals surface area contributed by atoms with Gasteiger partial charge in [0.1, 0.15) is 11.2 Å². The number of hydrogen-bond acceptors (Lipinski definition) is 3. The first-order chi connectivity index (χ1) is 30.3. The summed E-state index contributed by atoms with van der Waals surface area (Å²) >= 11 is 0. The molecular weight excluding hydrogens is 745 g/mol. The maximum atomic E-state index is 6.54. The number of para-hydroxylation sites is 3. The highest BCUT2D eigenvalue weighted by molar-refractivity contribution is 6.29. The molecule has 0 amide bonds. The quantitative estimate of drug-likeness (QED) is 0.175. The van der Waals surface area contributed by atoms with Crippen molar-refractivity contribution in [2.24, 2.45) is 0 Å². The average molecular weight is 779 g/mol. The molecule has 0 radical (unpaired) electrons. The van der Waals surface area contributed by atoms with Crippen LogP contribution in [0.1, 0.15) is 0 Å². The first-order valence-electron chi connectivity index (χ1n) is 20.7. The minimum absolute atomic E-state index is 0.698. The largest absolute Gasteiger partial charge is 0.456 e. The average Bonchev–Trinajstić information content (AvgIpc) is 4.00. The summed E-state index contributed by atoms with van der Waals surface area (Å²) in [5.74, 6) is 0.698. The number of aromatic nitrogens is 4. The Morgan fingerprint density at radius 1 is 0.344 bits per heavy atom. The molecule has 4 heterocycles. The summed E-state index contributed by atoms with van der Waals surface area (Å²) in [6.45, 7) is 0. The van der Waals surface area contributed by atoms with E-state index >= 15 is 0 Å². The zero-order valence-corrected chi connectivity index (χ0v) is 32.8. The maximum Gasteiger partial charge on any atom is 0.160 e. The summed E-state index contributed by atoms with van der Waals surface area (Å²) in [4.78, 5) is 10.3. The third-order valence-electron chi connectivity index (χ3n) is 12.3. The molecule has 0 saturated heterocycles. The summed E-state index contributed by atoms with van der Waals surface area (Å²) < 4.78 is 11.5. The second-order valence-electron chi connectivity index (χ2n) is 15.7. The standard InChI is InChI=1S/C56H34N4O/c1-3-14-35(15-4-1)38-18-13-19-40(34-38)60-53-43(32-33-50-51(53)46-22-9-12-25-49(46)61-50)44-31-30-42-41-20-8-11-24-48(41)59(54(42)55(44)60)39-28-26-37(27-29-39)56-57-47-23-10-7-21-45(47)52(58-56)36-16-5-2-6-17-36/h1-34H. The Morgan fingerprint density at radius 3 is 1.79 bits per heavy atom. The van der Waals surface area contributed by atoms with Gasteiger partial charge in [-0.15, -0.1) is 0 Å². The van der Waals surface area contributed by atoms with Gasteiger partial charge in [0.25, 0.3) is 0 Å². The van der Waals surface area contributed by atoms with E-state index in [1.54, 1.807) is 0 Å². The fourth-order valence-corrected chi connectivity index (χ4v) is 9.61. The molecule has 13 aromatic rings. The molecule has 9 aromatic carbocycles. The molecule has 4 aromatic heterocycles. The van der Waals surface area contributed by atoms with E-state index in [2.05, 4.69) is 197 Å². The molecule has 0 aliphatic heterocycles. The van der Waals surface area contributed by atoms with E-state index < -0.39 is 0 Å². The van der Waals surface area contributed by atoms with Crippen molar-refractivity contribution in [1.29, 1.82) is 0 Å². The Labute approximate surface area is 350 Å². The minimum Gasteiger partial charge on any atom is -0.456 e. The van der Waals surface area contributed by atoms with Crippen molar-refractivity contribution in [3.63, 3.8) is 0 Å². The van der Waals surface area contributed by atoms with Crippen molar-refractivity contribution in [3.8, 4) is 45.1 Å². The second-order valence-corrected chi connectivity index (χ2v) is 15.7. The highest BCUT2D eigenvalue weighted by atomic mass is 16.3. The van der Waals surface area contributed by atoms with Crippen LogP contribution in [0, 0.1) is 0 Å². The molecule has 284 valence electrons. The van der Waals surface area contributed by atoms with Crippen LogP contribution in [0.3, 0.4) is 0 Å². The molecular formula is C56H34N4O. The third kappa shape index (κ3) is 5.08. The summed E-state index contributed by atoms with van der Waals surface area (Å²) in [5, 5.41) is 7.99. The van der Waals surface area contributed by atoms with E-state index in [1.807, 2.05) is 18.2 Å². The number of benzene rings is 9. The Morgan fingerprint density at radius 2 is 0.967 bits per heavy atom. The van der Waals surface area contributed by atoms with E-state index in [4.69, 9.17) is 14.4 Å². The van der Waals surface area contributed by atoms with Gasteiger partial charge in [0.15, 0.2) is 5.82 Å². The van der Waals surface area contributed by atoms with Crippen LogP contribution in [0.2, 0.25) is 0 Å². The fraction of sp³-hybridized carbons (Fsp3) is 0. The van der Waals surface area contributed by atoms with Crippen LogP contribution in [-0.4, -0.2) is 19.1 Å². The van der Waals surface area contributed by atoms with Crippen molar-refractivity contribution in [3.05, 3.63) is 206 Å². The van der Waals surface area contributed by atoms with Crippen LogP contribution >= 0.6 is 0 Å². The molecule has 0 atom stereocenters. The van der Waals surface area contributed by atoms with Gasteiger partial charge in [0.05, 0.1) is 38.7 Å². The zero-order chi connectivity index (χ0) is 40.0. The molecule has 0 N–H and O–H groups in total. The molecule has 0 aliphatic rings. The normalized spacial score (nSPS) is 11.9. The first-order valence-corrected chi connectivity index (χ1v) is 20.7. The predicted molar refractivity (Wildman–Crippen MR) is 252 cm³/mol. The molecule has 0 fully saturated rings. The van der Waals surface area contributed by atoms with Gasteiger partial charge in [-0.1, -0.05) is 140 Å². The first kappa shape index (κ1) is 33.7. The molecule has 5 nitrogen and oxygen atoms in total. The van der Waals surface area contributed by atoms with Gasteiger partial charge in [-0.05, 0) is 77.9 Å². The molecule has 0 spiro atoms. The molecule has 61 heavy (non-hydrogen) atoms. The molecule has 0 unspecified atom stereocenters. The van der Waals surface area contributed by atoms with Crippen molar-refractivity contribution >= 4 is 76.5 Å². The Kier molecular flexibility index (Phi) is 7.24. The number of nitrogens with zero attached hydrogens (tertiary/aromatic N) is 4. The van der Waals surface area contributed by atoms with E-state index in [0.717, 1.165) is 88.7 Å². The number of hydrogen-bond donors (Lipinski definition) is 0. The molecule has 0 aliphatic carbocycles. The van der Waals surface area contributed by atoms with Gasteiger partial charge in [-0.3, -0.25) is 0 Å². The molecule has 5 heteroatoms. The van der Waals surface area contributed by atoms with Crippen LogP contribution in [0.5, 0.6) is 0 Å². The number of fused-ring (bicyclic) bond motifs is 12. The summed E-state index contributed by atoms with van der Waals surface area (Å²) in [6, 6.07) is 73.1. The van der Waals surface area contributed by atoms with E-state index in [-0.39, 0.29) is 0 Å². The number of furan rings is 1. The SMILES string of the molecule is c1ccc(-c2cccc(-n3c4c(ccc5oc6ccccc6c54)c4ccc5c6ccccc6n(-c6ccc(-c7nc(-c8ccccc8)c8ccccc8n7)cc6)c5c43)c2)cc1. The van der Waals surface area contributed by atoms with Crippen molar-refractivity contribution in [2.45, 2.75) is 0 Å². The van der Waals surface area contributed by atoms with Gasteiger partial charge in [-0.2, -0.15) is 0 Å². The highest BCUT2D eigenvalue weighted by Gasteiger charge is 2.24. The topological polar surface area (TPSA) is 48.8 Å². The third-order valence-corrected chi connectivity index (χ3v) is 12.3. The Bertz CT molecular complexity index is 3860. The Balaban J connectivity index is 1.11. The number of rotatable bonds is 5. The summed E-state index contributed by atoms with van der Waals surface area (Å²) in [7, 11) is 0. The van der Waals surface area contributed by atoms with Crippen LogP contribution in [0.4, 0.5) is 0 Å². The monoisotopic (exact) mass is 778 g/mol. The van der Waals surface area contributed by atoms with E-state index in [9.17, 15) is 0 Å². The smallest absolute Gasteiger partial charge is 0.160 e. The highest BCUT2D eigenvalue weighted by Crippen LogP contribution is 2.46. The molecule has 0 bridgehead atoms. The van der Waals surface area contributed by atoms with Gasteiger partial charge in [0, 0.05) is 54.8 Å². The van der Waals surface area contributed by atoms with E-state index in [1.165, 1.54) is 27.1 Å². The zero-order valence-electron chi connectivity index (χ0n) is 32.8. The van der Waals surface area contributed by atoms with Crippen molar-refractivity contribution < 1.29 is 4.42 Å². The lowest BCUT2D eigenvalue weighted by atomic mass is 10.0. The lowest BCUT2D eigenvalue weighted by Crippen LogP contribution is -2.00. The van der Waals surface area contributed by atoms with Gasteiger partial charge >= 0.3 is 0 Å². The fourth-order valence-electron chi connectivity index (χ4n) is 9.61. The van der Waals surface area contributed by atoms with Gasteiger partial charge < -0.3 is 13.6 Å². The van der Waals surface area contributed by atoms with Crippen molar-refractivity contribution in [2.75, 3.05) is 0 Å². The second kappa shape index (κ2) is 13.1. The maximum absolute atomic E-state index is 6.54. The Hall–Kier alpha value is -8.28.